The number of benzene rings is 1. The van der Waals surface area contributed by atoms with Crippen LogP contribution in [0.5, 0.6) is 0 Å². The molecule has 1 aromatic carbocycles. The number of aromatic nitrogens is 3. The van der Waals surface area contributed by atoms with Crippen LogP contribution in [-0.2, 0) is 0 Å². The van der Waals surface area contributed by atoms with Crippen LogP contribution in [0.3, 0.4) is 0 Å². The van der Waals surface area contributed by atoms with Crippen LogP contribution in [0.25, 0.3) is 11.3 Å². The zero-order valence-electron chi connectivity index (χ0n) is 16.9. The van der Waals surface area contributed by atoms with Crippen LogP contribution in [0.4, 0.5) is 27.6 Å². The fourth-order valence-electron chi connectivity index (χ4n) is 3.87. The average molecular weight is 483 g/mol. The summed E-state index contributed by atoms with van der Waals surface area (Å²) < 4.78 is 71.3. The maximum absolute atomic E-state index is 15.2. The van der Waals surface area contributed by atoms with Crippen molar-refractivity contribution in [3.05, 3.63) is 70.7 Å². The molecule has 0 spiro atoms. The summed E-state index contributed by atoms with van der Waals surface area (Å²) >= 11 is 5.98. The average Bonchev–Trinajstić information content (AvgIpc) is 2.79. The fraction of sp³-hybridized carbons (Fsp3) is 0.273. The van der Waals surface area contributed by atoms with E-state index in [0.29, 0.717) is 0 Å². The number of nitrogens with one attached hydrogen (secondary N) is 1. The molecule has 0 radical (unpaired) electrons. The second kappa shape index (κ2) is 9.01. The van der Waals surface area contributed by atoms with Gasteiger partial charge in [0.15, 0.2) is 11.0 Å². The lowest BCUT2D eigenvalue weighted by Crippen LogP contribution is -2.25. The first-order valence-corrected chi connectivity index (χ1v) is 10.3. The van der Waals surface area contributed by atoms with Gasteiger partial charge in [0.25, 0.3) is 5.91 Å². The van der Waals surface area contributed by atoms with Gasteiger partial charge in [-0.3, -0.25) is 4.79 Å². The lowest BCUT2D eigenvalue weighted by Gasteiger charge is -2.30. The number of amides is 1. The van der Waals surface area contributed by atoms with E-state index in [2.05, 4.69) is 20.3 Å². The molecular weight excluding hydrogens is 467 g/mol. The number of rotatable bonds is 4. The molecule has 1 aliphatic carbocycles. The van der Waals surface area contributed by atoms with Crippen LogP contribution in [0.2, 0.25) is 5.15 Å². The Kier molecular flexibility index (Phi) is 6.29. The molecule has 172 valence electrons. The quantitative estimate of drug-likeness (QED) is 0.357. The van der Waals surface area contributed by atoms with Gasteiger partial charge in [0.2, 0.25) is 5.92 Å². The molecule has 4 rings (SSSR count). The summed E-state index contributed by atoms with van der Waals surface area (Å²) in [5.41, 5.74) is -1.16. The zero-order valence-corrected chi connectivity index (χ0v) is 17.6. The van der Waals surface area contributed by atoms with E-state index in [-0.39, 0.29) is 40.9 Å². The Morgan fingerprint density at radius 1 is 1.09 bits per heavy atom. The molecule has 0 saturated heterocycles. The van der Waals surface area contributed by atoms with Crippen LogP contribution >= 0.6 is 11.6 Å². The van der Waals surface area contributed by atoms with Crippen molar-refractivity contribution < 1.29 is 26.7 Å². The number of pyridine rings is 1. The minimum absolute atomic E-state index is 0.000324. The molecule has 33 heavy (non-hydrogen) atoms. The van der Waals surface area contributed by atoms with Crippen molar-refractivity contribution in [1.82, 2.24) is 15.0 Å². The van der Waals surface area contributed by atoms with E-state index in [1.54, 1.807) is 0 Å². The summed E-state index contributed by atoms with van der Waals surface area (Å²) in [6, 6.07) is 2.56. The highest BCUT2D eigenvalue weighted by Gasteiger charge is 2.38. The molecule has 0 unspecified atom stereocenters. The van der Waals surface area contributed by atoms with Crippen molar-refractivity contribution in [2.75, 3.05) is 5.32 Å². The predicted octanol–water partition coefficient (Wildman–Crippen LogP) is 6.15. The Bertz CT molecular complexity index is 1200. The van der Waals surface area contributed by atoms with Crippen molar-refractivity contribution in [3.8, 4) is 11.3 Å². The molecule has 1 fully saturated rings. The van der Waals surface area contributed by atoms with Crippen LogP contribution in [0, 0.1) is 17.5 Å². The summed E-state index contributed by atoms with van der Waals surface area (Å²) in [7, 11) is 0. The highest BCUT2D eigenvalue weighted by molar-refractivity contribution is 6.30. The normalized spacial score (nSPS) is 15.9. The lowest BCUT2D eigenvalue weighted by molar-refractivity contribution is -0.0384. The molecule has 2 heterocycles. The molecular formula is C22H16ClF5N4O. The molecule has 2 aromatic heterocycles. The number of hydrogen-bond acceptors (Lipinski definition) is 4. The van der Waals surface area contributed by atoms with E-state index in [0.717, 1.165) is 18.2 Å². The van der Waals surface area contributed by atoms with Gasteiger partial charge in [0.05, 0.1) is 16.9 Å². The van der Waals surface area contributed by atoms with Gasteiger partial charge in [-0.1, -0.05) is 11.6 Å². The van der Waals surface area contributed by atoms with E-state index < -0.39 is 53.2 Å². The van der Waals surface area contributed by atoms with Gasteiger partial charge in [-0.05, 0) is 37.0 Å². The lowest BCUT2D eigenvalue weighted by atomic mass is 9.81. The van der Waals surface area contributed by atoms with Crippen molar-refractivity contribution in [1.29, 1.82) is 0 Å². The zero-order chi connectivity index (χ0) is 23.8. The van der Waals surface area contributed by atoms with Gasteiger partial charge in [0, 0.05) is 36.4 Å². The molecule has 5 nitrogen and oxygen atoms in total. The Hall–Kier alpha value is -3.14. The predicted molar refractivity (Wildman–Crippen MR) is 111 cm³/mol. The van der Waals surface area contributed by atoms with E-state index >= 15 is 4.39 Å². The van der Waals surface area contributed by atoms with Gasteiger partial charge < -0.3 is 5.32 Å². The molecule has 1 N–H and O–H groups in total. The number of anilines is 1. The van der Waals surface area contributed by atoms with Crippen LogP contribution < -0.4 is 5.32 Å². The molecule has 0 aliphatic heterocycles. The van der Waals surface area contributed by atoms with Crippen LogP contribution in [0.15, 0.2) is 36.9 Å². The summed E-state index contributed by atoms with van der Waals surface area (Å²) in [6.45, 7) is 0. The van der Waals surface area contributed by atoms with E-state index in [1.807, 2.05) is 0 Å². The number of nitrogens with zero attached hydrogens (tertiary/aromatic N) is 3. The summed E-state index contributed by atoms with van der Waals surface area (Å²) in [4.78, 5) is 24.2. The Balaban J connectivity index is 1.90. The van der Waals surface area contributed by atoms with Crippen LogP contribution in [0.1, 0.15) is 47.5 Å². The number of alkyl halides is 2. The number of carbonyl (C=O) groups excluding carboxylic acids is 1. The van der Waals surface area contributed by atoms with E-state index in [9.17, 15) is 22.4 Å². The maximum Gasteiger partial charge on any atom is 0.258 e. The Morgan fingerprint density at radius 2 is 1.76 bits per heavy atom. The van der Waals surface area contributed by atoms with Crippen molar-refractivity contribution in [3.63, 3.8) is 0 Å². The highest BCUT2D eigenvalue weighted by Crippen LogP contribution is 2.47. The molecule has 0 atom stereocenters. The molecule has 1 amide bonds. The second-order valence-corrected chi connectivity index (χ2v) is 8.05. The summed E-state index contributed by atoms with van der Waals surface area (Å²) in [5, 5.41) is 1.82. The third-order valence-electron chi connectivity index (χ3n) is 5.50. The first-order valence-electron chi connectivity index (χ1n) is 9.95. The first kappa shape index (κ1) is 23.0. The fourth-order valence-corrected chi connectivity index (χ4v) is 4.05. The molecule has 3 aromatic rings. The number of hydrogen-bond donors (Lipinski definition) is 1. The maximum atomic E-state index is 15.2. The van der Waals surface area contributed by atoms with Crippen molar-refractivity contribution >= 4 is 23.2 Å². The van der Waals surface area contributed by atoms with Gasteiger partial charge in [-0.15, -0.1) is 0 Å². The molecule has 1 aliphatic rings. The standard InChI is InChI=1S/C22H16ClF5N4O/c23-20-17(26)16(11-3-5-22(27,28)6-4-11)19(32-21(33)12-8-29-10-30-9-12)18(31-20)14-7-13(24)1-2-15(14)25/h1-2,7-11H,3-6H2,(H,32,33). The topological polar surface area (TPSA) is 67.8 Å². The van der Waals surface area contributed by atoms with Crippen LogP contribution in [-0.4, -0.2) is 26.8 Å². The van der Waals surface area contributed by atoms with Gasteiger partial charge >= 0.3 is 0 Å². The molecule has 11 heteroatoms. The summed E-state index contributed by atoms with van der Waals surface area (Å²) in [5.74, 6) is -7.16. The van der Waals surface area contributed by atoms with E-state index in [4.69, 9.17) is 11.6 Å². The van der Waals surface area contributed by atoms with Crippen molar-refractivity contribution in [2.45, 2.75) is 37.5 Å². The Morgan fingerprint density at radius 3 is 2.42 bits per heavy atom. The minimum Gasteiger partial charge on any atom is -0.320 e. The Labute approximate surface area is 190 Å². The third-order valence-corrected chi connectivity index (χ3v) is 5.75. The number of halogens is 6. The number of carbonyl (C=O) groups is 1. The largest absolute Gasteiger partial charge is 0.320 e. The van der Waals surface area contributed by atoms with Crippen molar-refractivity contribution in [2.24, 2.45) is 0 Å². The van der Waals surface area contributed by atoms with Gasteiger partial charge in [0.1, 0.15) is 18.0 Å². The second-order valence-electron chi connectivity index (χ2n) is 7.69. The SMILES string of the molecule is O=C(Nc1c(-c2cc(F)ccc2F)nc(Cl)c(F)c1C1CCC(F)(F)CC1)c1cncnc1. The first-order chi connectivity index (χ1) is 15.7. The highest BCUT2D eigenvalue weighted by atomic mass is 35.5. The third kappa shape index (κ3) is 4.80. The molecule has 0 bridgehead atoms. The van der Waals surface area contributed by atoms with Gasteiger partial charge in [-0.2, -0.15) is 0 Å². The molecule has 1 saturated carbocycles. The monoisotopic (exact) mass is 482 g/mol. The smallest absolute Gasteiger partial charge is 0.258 e. The van der Waals surface area contributed by atoms with E-state index in [1.165, 1.54) is 18.7 Å². The van der Waals surface area contributed by atoms with Gasteiger partial charge in [-0.25, -0.2) is 36.9 Å². The summed E-state index contributed by atoms with van der Waals surface area (Å²) in [6.07, 6.45) is 2.39. The minimum atomic E-state index is -2.90.